The van der Waals surface area contributed by atoms with Crippen LogP contribution in [0, 0.1) is 23.5 Å². The lowest BCUT2D eigenvalue weighted by atomic mass is 9.77. The molecule has 4 nitrogen and oxygen atoms in total. The molecule has 1 saturated heterocycles. The number of rotatable bonds is 4. The number of carbonyl (C=O) groups is 1. The molecule has 1 aromatic carbocycles. The zero-order valence-electron chi connectivity index (χ0n) is 12.9. The van der Waals surface area contributed by atoms with Gasteiger partial charge in [-0.1, -0.05) is 6.07 Å². The number of aliphatic hydroxyl groups excluding tert-OH is 1. The SMILES string of the molecule is O=C(CCc1ccc(F)c(F)c1)N[C@H]1C[C@H]2CNC[C@H]2C[C@@H]1O. The molecule has 1 heterocycles. The topological polar surface area (TPSA) is 61.4 Å². The van der Waals surface area contributed by atoms with Crippen LogP contribution in [-0.2, 0) is 11.2 Å². The van der Waals surface area contributed by atoms with E-state index in [1.807, 2.05) is 0 Å². The second kappa shape index (κ2) is 6.93. The number of fused-ring (bicyclic) bond motifs is 1. The van der Waals surface area contributed by atoms with Crippen molar-refractivity contribution in [2.45, 2.75) is 37.8 Å². The maximum absolute atomic E-state index is 13.1. The maximum atomic E-state index is 13.1. The standard InChI is InChI=1S/C17H22F2N2O2/c18-13-3-1-10(5-14(13)19)2-4-17(23)21-15-6-11-8-20-9-12(11)7-16(15)22/h1,3,5,11-12,15-16,20,22H,2,4,6-9H2,(H,21,23)/t11-,12+,15-,16-/m0/s1. The Labute approximate surface area is 134 Å². The van der Waals surface area contributed by atoms with E-state index in [0.29, 0.717) is 30.2 Å². The number of nitrogens with one attached hydrogen (secondary N) is 2. The van der Waals surface area contributed by atoms with E-state index >= 15 is 0 Å². The van der Waals surface area contributed by atoms with Crippen LogP contribution in [0.5, 0.6) is 0 Å². The minimum absolute atomic E-state index is 0.164. The van der Waals surface area contributed by atoms with E-state index in [1.54, 1.807) is 0 Å². The van der Waals surface area contributed by atoms with Crippen LogP contribution in [-0.4, -0.2) is 36.2 Å². The molecule has 0 radical (unpaired) electrons. The van der Waals surface area contributed by atoms with Crippen LogP contribution >= 0.6 is 0 Å². The van der Waals surface area contributed by atoms with Crippen LogP contribution < -0.4 is 10.6 Å². The molecular formula is C17H22F2N2O2. The van der Waals surface area contributed by atoms with Gasteiger partial charge in [-0.05, 0) is 61.9 Å². The molecule has 1 aromatic rings. The van der Waals surface area contributed by atoms with E-state index < -0.39 is 17.7 Å². The Morgan fingerprint density at radius 3 is 2.70 bits per heavy atom. The molecular weight excluding hydrogens is 302 g/mol. The zero-order chi connectivity index (χ0) is 16.4. The van der Waals surface area contributed by atoms with Crippen LogP contribution in [0.25, 0.3) is 0 Å². The molecule has 1 aliphatic carbocycles. The van der Waals surface area contributed by atoms with Gasteiger partial charge in [-0.2, -0.15) is 0 Å². The summed E-state index contributed by atoms with van der Waals surface area (Å²) in [5, 5.41) is 16.4. The third-order valence-electron chi connectivity index (χ3n) is 5.02. The van der Waals surface area contributed by atoms with Gasteiger partial charge in [-0.15, -0.1) is 0 Å². The Morgan fingerprint density at radius 1 is 1.22 bits per heavy atom. The van der Waals surface area contributed by atoms with Gasteiger partial charge in [0.1, 0.15) is 0 Å². The fraction of sp³-hybridized carbons (Fsp3) is 0.588. The molecule has 2 aliphatic rings. The van der Waals surface area contributed by atoms with Crippen molar-refractivity contribution in [2.75, 3.05) is 13.1 Å². The number of halogens is 2. The highest BCUT2D eigenvalue weighted by atomic mass is 19.2. The summed E-state index contributed by atoms with van der Waals surface area (Å²) in [6, 6.07) is 3.46. The van der Waals surface area contributed by atoms with Crippen LogP contribution in [0.4, 0.5) is 8.78 Å². The van der Waals surface area contributed by atoms with Crippen LogP contribution in [0.2, 0.25) is 0 Å². The van der Waals surface area contributed by atoms with Gasteiger partial charge in [-0.3, -0.25) is 4.79 Å². The Bertz CT molecular complexity index is 582. The fourth-order valence-electron chi connectivity index (χ4n) is 3.68. The summed E-state index contributed by atoms with van der Waals surface area (Å²) in [5.41, 5.74) is 0.586. The molecule has 4 atom stereocenters. The first-order chi connectivity index (χ1) is 11.0. The van der Waals surface area contributed by atoms with Gasteiger partial charge < -0.3 is 15.7 Å². The normalized spacial score (nSPS) is 30.0. The number of hydrogen-bond donors (Lipinski definition) is 3. The van der Waals surface area contributed by atoms with Crippen molar-refractivity contribution in [3.63, 3.8) is 0 Å². The number of hydrogen-bond acceptors (Lipinski definition) is 3. The van der Waals surface area contributed by atoms with Gasteiger partial charge in [0.15, 0.2) is 11.6 Å². The smallest absolute Gasteiger partial charge is 0.220 e. The lowest BCUT2D eigenvalue weighted by Gasteiger charge is -2.35. The van der Waals surface area contributed by atoms with E-state index in [2.05, 4.69) is 10.6 Å². The molecule has 3 rings (SSSR count). The molecule has 1 amide bonds. The van der Waals surface area contributed by atoms with Crippen LogP contribution in [0.1, 0.15) is 24.8 Å². The third-order valence-corrected chi connectivity index (χ3v) is 5.02. The monoisotopic (exact) mass is 324 g/mol. The number of amides is 1. The molecule has 0 unspecified atom stereocenters. The van der Waals surface area contributed by atoms with E-state index in [-0.39, 0.29) is 18.4 Å². The molecule has 6 heteroatoms. The molecule has 126 valence electrons. The van der Waals surface area contributed by atoms with Crippen molar-refractivity contribution in [1.82, 2.24) is 10.6 Å². The second-order valence-electron chi connectivity index (χ2n) is 6.64. The summed E-state index contributed by atoms with van der Waals surface area (Å²) in [6.45, 7) is 1.89. The van der Waals surface area contributed by atoms with Crippen molar-refractivity contribution < 1.29 is 18.7 Å². The lowest BCUT2D eigenvalue weighted by molar-refractivity contribution is -0.123. The number of aliphatic hydroxyl groups is 1. The van der Waals surface area contributed by atoms with Crippen molar-refractivity contribution in [3.05, 3.63) is 35.4 Å². The van der Waals surface area contributed by atoms with Gasteiger partial charge >= 0.3 is 0 Å². The minimum Gasteiger partial charge on any atom is -0.391 e. The summed E-state index contributed by atoms with van der Waals surface area (Å²) in [7, 11) is 0. The first kappa shape index (κ1) is 16.3. The van der Waals surface area contributed by atoms with Gasteiger partial charge in [0, 0.05) is 6.42 Å². The van der Waals surface area contributed by atoms with Crippen LogP contribution in [0.15, 0.2) is 18.2 Å². The predicted octanol–water partition coefficient (Wildman–Crippen LogP) is 1.37. The Hall–Kier alpha value is -1.53. The number of aryl methyl sites for hydroxylation is 1. The van der Waals surface area contributed by atoms with Crippen molar-refractivity contribution in [2.24, 2.45) is 11.8 Å². The predicted molar refractivity (Wildman–Crippen MR) is 81.7 cm³/mol. The van der Waals surface area contributed by atoms with E-state index in [4.69, 9.17) is 0 Å². The molecule has 1 saturated carbocycles. The largest absolute Gasteiger partial charge is 0.391 e. The average molecular weight is 324 g/mol. The molecule has 3 N–H and O–H groups in total. The first-order valence-corrected chi connectivity index (χ1v) is 8.15. The quantitative estimate of drug-likeness (QED) is 0.784. The summed E-state index contributed by atoms with van der Waals surface area (Å²) in [6.07, 6.45) is 1.53. The lowest BCUT2D eigenvalue weighted by Crippen LogP contribution is -2.49. The Kier molecular flexibility index (Phi) is 4.92. The molecule has 2 fully saturated rings. The first-order valence-electron chi connectivity index (χ1n) is 8.15. The molecule has 0 aromatic heterocycles. The van der Waals surface area contributed by atoms with E-state index in [9.17, 15) is 18.7 Å². The number of carbonyl (C=O) groups excluding carboxylic acids is 1. The van der Waals surface area contributed by atoms with Crippen molar-refractivity contribution in [1.29, 1.82) is 0 Å². The van der Waals surface area contributed by atoms with Crippen LogP contribution in [0.3, 0.4) is 0 Å². The molecule has 0 spiro atoms. The van der Waals surface area contributed by atoms with E-state index in [0.717, 1.165) is 31.6 Å². The third kappa shape index (κ3) is 3.87. The van der Waals surface area contributed by atoms with Crippen molar-refractivity contribution in [3.8, 4) is 0 Å². The highest BCUT2D eigenvalue weighted by Gasteiger charge is 2.39. The Morgan fingerprint density at radius 2 is 1.96 bits per heavy atom. The summed E-state index contributed by atoms with van der Waals surface area (Å²) in [5.74, 6) is -0.938. The molecule has 1 aliphatic heterocycles. The summed E-state index contributed by atoms with van der Waals surface area (Å²) < 4.78 is 26.0. The van der Waals surface area contributed by atoms with Gasteiger partial charge in [0.05, 0.1) is 12.1 Å². The number of benzene rings is 1. The average Bonchev–Trinajstić information content (AvgIpc) is 2.96. The van der Waals surface area contributed by atoms with E-state index in [1.165, 1.54) is 6.07 Å². The highest BCUT2D eigenvalue weighted by molar-refractivity contribution is 5.76. The minimum atomic E-state index is -0.898. The second-order valence-corrected chi connectivity index (χ2v) is 6.64. The summed E-state index contributed by atoms with van der Waals surface area (Å²) >= 11 is 0. The van der Waals surface area contributed by atoms with Gasteiger partial charge in [0.25, 0.3) is 0 Å². The molecule has 0 bridgehead atoms. The molecule has 23 heavy (non-hydrogen) atoms. The maximum Gasteiger partial charge on any atom is 0.220 e. The zero-order valence-corrected chi connectivity index (χ0v) is 12.9. The fourth-order valence-corrected chi connectivity index (χ4v) is 3.68. The van der Waals surface area contributed by atoms with Crippen molar-refractivity contribution >= 4 is 5.91 Å². The van der Waals surface area contributed by atoms with Gasteiger partial charge in [0.2, 0.25) is 5.91 Å². The summed E-state index contributed by atoms with van der Waals surface area (Å²) in [4.78, 5) is 12.1. The van der Waals surface area contributed by atoms with Gasteiger partial charge in [-0.25, -0.2) is 8.78 Å². The highest BCUT2D eigenvalue weighted by Crippen LogP contribution is 2.32. The Balaban J connectivity index is 1.49.